The molecular weight excluding hydrogens is 267 g/mol. The summed E-state index contributed by atoms with van der Waals surface area (Å²) in [5, 5.41) is 0.485. The molecule has 0 fully saturated rings. The average molecular weight is 277 g/mol. The molecule has 0 amide bonds. The first-order valence-electron chi connectivity index (χ1n) is 5.85. The van der Waals surface area contributed by atoms with E-state index in [1.165, 1.54) is 6.07 Å². The third-order valence-corrected chi connectivity index (χ3v) is 3.01. The van der Waals surface area contributed by atoms with Crippen LogP contribution in [0.1, 0.15) is 5.56 Å². The quantitative estimate of drug-likeness (QED) is 0.710. The molecule has 0 spiro atoms. The van der Waals surface area contributed by atoms with Crippen molar-refractivity contribution in [1.82, 2.24) is 9.97 Å². The van der Waals surface area contributed by atoms with Gasteiger partial charge in [-0.1, -0.05) is 0 Å². The number of aromatic nitrogens is 2. The summed E-state index contributed by atoms with van der Waals surface area (Å²) >= 11 is 0. The zero-order valence-electron chi connectivity index (χ0n) is 10.2. The smallest absolute Gasteiger partial charge is 0.399 e. The van der Waals surface area contributed by atoms with Crippen LogP contribution in [0.3, 0.4) is 0 Å². The van der Waals surface area contributed by atoms with Crippen LogP contribution in [0.2, 0.25) is 0 Å². The molecule has 3 aromatic rings. The van der Waals surface area contributed by atoms with E-state index in [1.807, 2.05) is 0 Å². The molecule has 0 aliphatic rings. The van der Waals surface area contributed by atoms with Gasteiger partial charge in [0.2, 0.25) is 0 Å². The standard InChI is InChI=1S/C14H10F3N3/c15-14(16,17)9-1-2-11-8(5-9)6-13(20-11)12-7-10(18)3-4-19-12/h1-7,20H,(H2,18,19). The Balaban J connectivity index is 2.11. The van der Waals surface area contributed by atoms with E-state index in [2.05, 4.69) is 9.97 Å². The number of H-pyrrole nitrogens is 1. The van der Waals surface area contributed by atoms with E-state index in [0.29, 0.717) is 28.0 Å². The van der Waals surface area contributed by atoms with E-state index in [9.17, 15) is 13.2 Å². The van der Waals surface area contributed by atoms with Crippen LogP contribution >= 0.6 is 0 Å². The second-order valence-electron chi connectivity index (χ2n) is 4.46. The Morgan fingerprint density at radius 1 is 1.05 bits per heavy atom. The van der Waals surface area contributed by atoms with Crippen molar-refractivity contribution < 1.29 is 13.2 Å². The van der Waals surface area contributed by atoms with E-state index >= 15 is 0 Å². The fourth-order valence-corrected chi connectivity index (χ4v) is 2.04. The van der Waals surface area contributed by atoms with Crippen LogP contribution in [-0.2, 0) is 6.18 Å². The number of nitrogens with zero attached hydrogens (tertiary/aromatic N) is 1. The number of nitrogen functional groups attached to an aromatic ring is 1. The van der Waals surface area contributed by atoms with Gasteiger partial charge in [-0.25, -0.2) is 0 Å². The van der Waals surface area contributed by atoms with Crippen molar-refractivity contribution in [1.29, 1.82) is 0 Å². The zero-order valence-corrected chi connectivity index (χ0v) is 10.2. The first-order valence-corrected chi connectivity index (χ1v) is 5.85. The van der Waals surface area contributed by atoms with Crippen LogP contribution in [0.5, 0.6) is 0 Å². The van der Waals surface area contributed by atoms with Crippen LogP contribution in [0, 0.1) is 0 Å². The summed E-state index contributed by atoms with van der Waals surface area (Å²) < 4.78 is 38.0. The van der Waals surface area contributed by atoms with Gasteiger partial charge in [-0.05, 0) is 36.4 Å². The molecule has 1 aromatic carbocycles. The molecule has 0 radical (unpaired) electrons. The Hall–Kier alpha value is -2.50. The molecule has 3 nitrogen and oxygen atoms in total. The predicted octanol–water partition coefficient (Wildman–Crippen LogP) is 3.83. The highest BCUT2D eigenvalue weighted by atomic mass is 19.4. The number of halogens is 3. The van der Waals surface area contributed by atoms with Crippen molar-refractivity contribution in [2.24, 2.45) is 0 Å². The van der Waals surface area contributed by atoms with Crippen molar-refractivity contribution >= 4 is 16.6 Å². The highest BCUT2D eigenvalue weighted by molar-refractivity contribution is 5.86. The molecule has 0 bridgehead atoms. The molecule has 0 saturated carbocycles. The largest absolute Gasteiger partial charge is 0.416 e. The molecule has 102 valence electrons. The Morgan fingerprint density at radius 3 is 2.55 bits per heavy atom. The number of nitrogens with two attached hydrogens (primary N) is 1. The third-order valence-electron chi connectivity index (χ3n) is 3.01. The minimum absolute atomic E-state index is 0.485. The number of nitrogens with one attached hydrogen (secondary N) is 1. The number of rotatable bonds is 1. The van der Waals surface area contributed by atoms with Crippen molar-refractivity contribution in [2.75, 3.05) is 5.73 Å². The minimum atomic E-state index is -4.35. The number of aromatic amines is 1. The van der Waals surface area contributed by atoms with Crippen LogP contribution in [-0.4, -0.2) is 9.97 Å². The fourth-order valence-electron chi connectivity index (χ4n) is 2.04. The van der Waals surface area contributed by atoms with E-state index in [1.54, 1.807) is 24.4 Å². The number of benzene rings is 1. The molecule has 2 aromatic heterocycles. The molecule has 6 heteroatoms. The summed E-state index contributed by atoms with van der Waals surface area (Å²) in [5.41, 5.74) is 7.39. The molecule has 0 aliphatic carbocycles. The lowest BCUT2D eigenvalue weighted by molar-refractivity contribution is -0.137. The van der Waals surface area contributed by atoms with Crippen LogP contribution in [0.4, 0.5) is 18.9 Å². The first kappa shape index (κ1) is 12.5. The van der Waals surface area contributed by atoms with Crippen molar-refractivity contribution in [3.8, 4) is 11.4 Å². The highest BCUT2D eigenvalue weighted by Gasteiger charge is 2.30. The topological polar surface area (TPSA) is 54.7 Å². The molecule has 3 N–H and O–H groups in total. The lowest BCUT2D eigenvalue weighted by Gasteiger charge is -2.05. The maximum Gasteiger partial charge on any atom is 0.416 e. The van der Waals surface area contributed by atoms with E-state index in [0.717, 1.165) is 12.1 Å². The second-order valence-corrected chi connectivity index (χ2v) is 4.46. The number of fused-ring (bicyclic) bond motifs is 1. The van der Waals surface area contributed by atoms with Gasteiger partial charge in [0.05, 0.1) is 17.0 Å². The monoisotopic (exact) mass is 277 g/mol. The van der Waals surface area contributed by atoms with Gasteiger partial charge < -0.3 is 10.7 Å². The normalized spacial score (nSPS) is 11.9. The van der Waals surface area contributed by atoms with E-state index < -0.39 is 11.7 Å². The predicted molar refractivity (Wildman–Crippen MR) is 70.9 cm³/mol. The van der Waals surface area contributed by atoms with Crippen molar-refractivity contribution in [3.63, 3.8) is 0 Å². The summed E-state index contributed by atoms with van der Waals surface area (Å²) in [4.78, 5) is 7.18. The molecule has 0 aliphatic heterocycles. The second kappa shape index (κ2) is 4.26. The van der Waals surface area contributed by atoms with Gasteiger partial charge in [0.1, 0.15) is 0 Å². The fraction of sp³-hybridized carbons (Fsp3) is 0.0714. The Bertz CT molecular complexity index is 775. The Morgan fingerprint density at radius 2 is 1.85 bits per heavy atom. The minimum Gasteiger partial charge on any atom is -0.399 e. The number of hydrogen-bond donors (Lipinski definition) is 2. The molecule has 3 rings (SSSR count). The molecule has 2 heterocycles. The highest BCUT2D eigenvalue weighted by Crippen LogP contribution is 2.32. The number of anilines is 1. The maximum absolute atomic E-state index is 12.7. The zero-order chi connectivity index (χ0) is 14.3. The molecule has 0 saturated heterocycles. The van der Waals surface area contributed by atoms with Gasteiger partial charge in [-0.15, -0.1) is 0 Å². The Kier molecular flexibility index (Phi) is 2.67. The van der Waals surface area contributed by atoms with Crippen molar-refractivity contribution in [3.05, 3.63) is 48.2 Å². The van der Waals surface area contributed by atoms with Gasteiger partial charge >= 0.3 is 6.18 Å². The maximum atomic E-state index is 12.7. The van der Waals surface area contributed by atoms with Gasteiger partial charge in [0, 0.05) is 22.8 Å². The van der Waals surface area contributed by atoms with Crippen LogP contribution in [0.15, 0.2) is 42.6 Å². The van der Waals surface area contributed by atoms with E-state index in [-0.39, 0.29) is 0 Å². The number of alkyl halides is 3. The first-order chi connectivity index (χ1) is 9.43. The van der Waals surface area contributed by atoms with E-state index in [4.69, 9.17) is 5.73 Å². The van der Waals surface area contributed by atoms with Gasteiger partial charge in [0.15, 0.2) is 0 Å². The van der Waals surface area contributed by atoms with Crippen molar-refractivity contribution in [2.45, 2.75) is 6.18 Å². The van der Waals surface area contributed by atoms with Gasteiger partial charge in [0.25, 0.3) is 0 Å². The summed E-state index contributed by atoms with van der Waals surface area (Å²) in [6.07, 6.45) is -2.79. The summed E-state index contributed by atoms with van der Waals surface area (Å²) in [7, 11) is 0. The summed E-state index contributed by atoms with van der Waals surface area (Å²) in [6.45, 7) is 0. The van der Waals surface area contributed by atoms with Crippen LogP contribution in [0.25, 0.3) is 22.3 Å². The molecular formula is C14H10F3N3. The summed E-state index contributed by atoms with van der Waals surface area (Å²) in [6, 6.07) is 8.51. The summed E-state index contributed by atoms with van der Waals surface area (Å²) in [5.74, 6) is 0. The molecule has 0 atom stereocenters. The van der Waals surface area contributed by atoms with Gasteiger partial charge in [-0.3, -0.25) is 4.98 Å². The molecule has 0 unspecified atom stereocenters. The van der Waals surface area contributed by atoms with Crippen LogP contribution < -0.4 is 5.73 Å². The lowest BCUT2D eigenvalue weighted by Crippen LogP contribution is -2.03. The molecule has 20 heavy (non-hydrogen) atoms. The average Bonchev–Trinajstić information content (AvgIpc) is 2.80. The Labute approximate surface area is 112 Å². The lowest BCUT2D eigenvalue weighted by atomic mass is 10.1. The number of hydrogen-bond acceptors (Lipinski definition) is 2. The SMILES string of the molecule is Nc1ccnc(-c2cc3cc(C(F)(F)F)ccc3[nH]2)c1. The third kappa shape index (κ3) is 2.20. The van der Waals surface area contributed by atoms with Gasteiger partial charge in [-0.2, -0.15) is 13.2 Å². The number of pyridine rings is 1.